The Labute approximate surface area is 163 Å². The topological polar surface area (TPSA) is 88.5 Å². The second kappa shape index (κ2) is 7.93. The molecule has 8 nitrogen and oxygen atoms in total. The van der Waals surface area contributed by atoms with Crippen LogP contribution in [0.25, 0.3) is 11.6 Å². The fourth-order valence-electron chi connectivity index (χ4n) is 3.43. The highest BCUT2D eigenvalue weighted by atomic mass is 16.5. The molecular weight excluding hydrogens is 358 g/mol. The molecule has 1 aliphatic heterocycles. The second-order valence-electron chi connectivity index (χ2n) is 7.07. The van der Waals surface area contributed by atoms with E-state index in [4.69, 9.17) is 8.94 Å². The molecule has 2 aromatic heterocycles. The fraction of sp³-hybridized carbons (Fsp3) is 0.400. The van der Waals surface area contributed by atoms with Crippen molar-refractivity contribution in [3.63, 3.8) is 0 Å². The highest BCUT2D eigenvalue weighted by Gasteiger charge is 2.28. The summed E-state index contributed by atoms with van der Waals surface area (Å²) in [6.07, 6.45) is 0.746. The zero-order valence-corrected chi connectivity index (χ0v) is 16.0. The van der Waals surface area contributed by atoms with E-state index in [1.165, 1.54) is 5.56 Å². The molecule has 1 aliphatic rings. The van der Waals surface area contributed by atoms with Crippen LogP contribution >= 0.6 is 0 Å². The molecule has 1 amide bonds. The highest BCUT2D eigenvalue weighted by Crippen LogP contribution is 2.24. The lowest BCUT2D eigenvalue weighted by Gasteiger charge is -2.39. The molecule has 0 bridgehead atoms. The van der Waals surface area contributed by atoms with E-state index in [0.29, 0.717) is 42.6 Å². The third-order valence-electron chi connectivity index (χ3n) is 5.05. The number of carbonyl (C=O) groups is 1. The number of aryl methyl sites for hydroxylation is 2. The molecule has 146 valence electrons. The van der Waals surface area contributed by atoms with Gasteiger partial charge in [0.25, 0.3) is 5.89 Å². The quantitative estimate of drug-likeness (QED) is 0.671. The molecule has 0 aliphatic carbocycles. The van der Waals surface area contributed by atoms with E-state index in [1.54, 1.807) is 13.0 Å². The van der Waals surface area contributed by atoms with E-state index in [2.05, 4.69) is 39.4 Å². The summed E-state index contributed by atoms with van der Waals surface area (Å²) in [6.45, 7) is 4.06. The van der Waals surface area contributed by atoms with Crippen LogP contribution < -0.4 is 0 Å². The third kappa shape index (κ3) is 3.96. The minimum absolute atomic E-state index is 0.103. The van der Waals surface area contributed by atoms with Crippen LogP contribution in [0.2, 0.25) is 0 Å². The predicted molar refractivity (Wildman–Crippen MR) is 101 cm³/mol. The van der Waals surface area contributed by atoms with E-state index >= 15 is 0 Å². The summed E-state index contributed by atoms with van der Waals surface area (Å²) < 4.78 is 10.6. The maximum atomic E-state index is 12.7. The van der Waals surface area contributed by atoms with Crippen molar-refractivity contribution in [1.82, 2.24) is 25.2 Å². The van der Waals surface area contributed by atoms with Crippen LogP contribution in [0.15, 0.2) is 45.3 Å². The molecule has 1 unspecified atom stereocenters. The van der Waals surface area contributed by atoms with Crippen molar-refractivity contribution in [3.05, 3.63) is 53.6 Å². The first-order chi connectivity index (χ1) is 13.6. The van der Waals surface area contributed by atoms with Gasteiger partial charge in [-0.2, -0.15) is 0 Å². The summed E-state index contributed by atoms with van der Waals surface area (Å²) in [5.41, 5.74) is 1.74. The van der Waals surface area contributed by atoms with Crippen LogP contribution in [0, 0.1) is 6.92 Å². The minimum Gasteiger partial charge on any atom is -0.419 e. The lowest BCUT2D eigenvalue weighted by Crippen LogP contribution is -2.49. The molecule has 1 aromatic carbocycles. The Morgan fingerprint density at radius 2 is 2.04 bits per heavy atom. The van der Waals surface area contributed by atoms with Gasteiger partial charge in [-0.15, -0.1) is 10.2 Å². The average Bonchev–Trinajstić information content (AvgIpc) is 3.36. The Kier molecular flexibility index (Phi) is 5.21. The molecule has 3 aromatic rings. The Morgan fingerprint density at radius 3 is 2.79 bits per heavy atom. The molecule has 3 heterocycles. The number of benzene rings is 1. The zero-order chi connectivity index (χ0) is 19.5. The smallest absolute Gasteiger partial charge is 0.269 e. The Morgan fingerprint density at radius 1 is 1.21 bits per heavy atom. The standard InChI is InChI=1S/C20H23N5O3/c1-14-12-16(23-28-14)20-22-21-18(27-20)8-9-19(26)25-11-10-24(2)17(13-25)15-6-4-3-5-7-15/h3-7,12,17H,8-11,13H2,1-2H3. The molecule has 0 spiro atoms. The van der Waals surface area contributed by atoms with Gasteiger partial charge in [0.05, 0.1) is 6.04 Å². The van der Waals surface area contributed by atoms with Gasteiger partial charge in [0.15, 0.2) is 5.69 Å². The van der Waals surface area contributed by atoms with Gasteiger partial charge in [-0.05, 0) is 19.5 Å². The number of likely N-dealkylation sites (N-methyl/N-ethyl adjacent to an activating group) is 1. The van der Waals surface area contributed by atoms with Gasteiger partial charge in [-0.1, -0.05) is 35.5 Å². The average molecular weight is 381 g/mol. The van der Waals surface area contributed by atoms with Crippen LogP contribution in [0.4, 0.5) is 0 Å². The number of hydrogen-bond donors (Lipinski definition) is 0. The second-order valence-corrected chi connectivity index (χ2v) is 7.07. The Hall–Kier alpha value is -3.00. The summed E-state index contributed by atoms with van der Waals surface area (Å²) >= 11 is 0. The van der Waals surface area contributed by atoms with Gasteiger partial charge in [-0.25, -0.2) is 0 Å². The van der Waals surface area contributed by atoms with Gasteiger partial charge in [0, 0.05) is 38.5 Å². The first-order valence-corrected chi connectivity index (χ1v) is 9.39. The molecule has 8 heteroatoms. The van der Waals surface area contributed by atoms with Gasteiger partial charge >= 0.3 is 0 Å². The van der Waals surface area contributed by atoms with Crippen molar-refractivity contribution in [2.45, 2.75) is 25.8 Å². The number of aromatic nitrogens is 3. The van der Waals surface area contributed by atoms with Crippen molar-refractivity contribution < 1.29 is 13.7 Å². The number of hydrogen-bond acceptors (Lipinski definition) is 7. The SMILES string of the molecule is Cc1cc(-c2nnc(CCC(=O)N3CCN(C)C(c4ccccc4)C3)o2)no1. The number of nitrogens with zero attached hydrogens (tertiary/aromatic N) is 5. The van der Waals surface area contributed by atoms with Crippen LogP contribution in [0.3, 0.4) is 0 Å². The number of piperazine rings is 1. The highest BCUT2D eigenvalue weighted by molar-refractivity contribution is 5.76. The molecule has 1 fully saturated rings. The number of rotatable bonds is 5. The van der Waals surface area contributed by atoms with E-state index in [9.17, 15) is 4.79 Å². The van der Waals surface area contributed by atoms with Crippen molar-refractivity contribution in [2.24, 2.45) is 0 Å². The van der Waals surface area contributed by atoms with E-state index in [-0.39, 0.29) is 11.9 Å². The molecule has 0 radical (unpaired) electrons. The van der Waals surface area contributed by atoms with E-state index < -0.39 is 0 Å². The van der Waals surface area contributed by atoms with Crippen molar-refractivity contribution in [1.29, 1.82) is 0 Å². The van der Waals surface area contributed by atoms with Crippen LogP contribution in [-0.2, 0) is 11.2 Å². The first kappa shape index (κ1) is 18.4. The maximum absolute atomic E-state index is 12.7. The molecule has 1 saturated heterocycles. The summed E-state index contributed by atoms with van der Waals surface area (Å²) in [5, 5.41) is 11.9. The first-order valence-electron chi connectivity index (χ1n) is 9.39. The molecule has 4 rings (SSSR count). The summed E-state index contributed by atoms with van der Waals surface area (Å²) in [7, 11) is 2.10. The third-order valence-corrected chi connectivity index (χ3v) is 5.05. The van der Waals surface area contributed by atoms with E-state index in [1.807, 2.05) is 23.1 Å². The molecule has 28 heavy (non-hydrogen) atoms. The predicted octanol–water partition coefficient (Wildman–Crippen LogP) is 2.48. The van der Waals surface area contributed by atoms with Crippen LogP contribution in [-0.4, -0.2) is 57.7 Å². The lowest BCUT2D eigenvalue weighted by atomic mass is 10.0. The van der Waals surface area contributed by atoms with Gasteiger partial charge in [0.2, 0.25) is 11.8 Å². The molecule has 0 N–H and O–H groups in total. The van der Waals surface area contributed by atoms with Gasteiger partial charge in [-0.3, -0.25) is 9.69 Å². The van der Waals surface area contributed by atoms with Crippen LogP contribution in [0.5, 0.6) is 0 Å². The van der Waals surface area contributed by atoms with E-state index in [0.717, 1.165) is 13.1 Å². The monoisotopic (exact) mass is 381 g/mol. The maximum Gasteiger partial charge on any atom is 0.269 e. The lowest BCUT2D eigenvalue weighted by molar-refractivity contribution is -0.134. The Bertz CT molecular complexity index is 936. The number of carbonyl (C=O) groups excluding carboxylic acids is 1. The zero-order valence-electron chi connectivity index (χ0n) is 16.0. The Balaban J connectivity index is 1.35. The van der Waals surface area contributed by atoms with Gasteiger partial charge in [0.1, 0.15) is 5.76 Å². The summed E-state index contributed by atoms with van der Waals surface area (Å²) in [4.78, 5) is 16.9. The normalized spacial score (nSPS) is 17.8. The van der Waals surface area contributed by atoms with Crippen LogP contribution in [0.1, 0.15) is 29.7 Å². The van der Waals surface area contributed by atoms with Gasteiger partial charge < -0.3 is 13.8 Å². The van der Waals surface area contributed by atoms with Crippen molar-refractivity contribution >= 4 is 5.91 Å². The summed E-state index contributed by atoms with van der Waals surface area (Å²) in [5.74, 6) is 1.51. The van der Waals surface area contributed by atoms with Crippen molar-refractivity contribution in [2.75, 3.05) is 26.7 Å². The summed E-state index contributed by atoms with van der Waals surface area (Å²) in [6, 6.07) is 12.2. The number of amides is 1. The fourth-order valence-corrected chi connectivity index (χ4v) is 3.43. The van der Waals surface area contributed by atoms with Crippen molar-refractivity contribution in [3.8, 4) is 11.6 Å². The molecular formula is C20H23N5O3. The minimum atomic E-state index is 0.103. The largest absolute Gasteiger partial charge is 0.419 e. The molecule has 1 atom stereocenters. The molecule has 0 saturated carbocycles.